The number of hydrogen-bond acceptors (Lipinski definition) is 5. The number of fused-ring (bicyclic) bond motifs is 1. The molecule has 1 aromatic rings. The fraction of sp³-hybridized carbons (Fsp3) is 0.467. The molecule has 2 rings (SSSR count). The van der Waals surface area contributed by atoms with Crippen LogP contribution in [0.15, 0.2) is 18.2 Å². The summed E-state index contributed by atoms with van der Waals surface area (Å²) >= 11 is 0. The van der Waals surface area contributed by atoms with Crippen molar-refractivity contribution in [3.05, 3.63) is 23.8 Å². The Hall–Kier alpha value is -2.08. The number of carboxylic acid groups (broad SMARTS) is 1. The predicted octanol–water partition coefficient (Wildman–Crippen LogP) is 1.51. The number of carbonyl (C=O) groups excluding carboxylic acids is 1. The molecule has 1 aliphatic heterocycles. The molecule has 6 heteroatoms. The molecule has 0 radical (unpaired) electrons. The molecule has 1 aliphatic rings. The van der Waals surface area contributed by atoms with Gasteiger partial charge in [-0.25, -0.2) is 0 Å². The molecule has 1 heterocycles. The lowest BCUT2D eigenvalue weighted by atomic mass is 10.0. The number of rotatable bonds is 5. The molecule has 0 fully saturated rings. The summed E-state index contributed by atoms with van der Waals surface area (Å²) in [6.45, 7) is 5.83. The maximum Gasteiger partial charge on any atom is 0.320 e. The van der Waals surface area contributed by atoms with Crippen LogP contribution in [0.5, 0.6) is 5.75 Å². The highest BCUT2D eigenvalue weighted by molar-refractivity contribution is 6.01. The van der Waals surface area contributed by atoms with E-state index in [1.165, 1.54) is 6.92 Å². The van der Waals surface area contributed by atoms with Crippen molar-refractivity contribution in [2.75, 3.05) is 11.9 Å². The summed E-state index contributed by atoms with van der Waals surface area (Å²) in [5, 5.41) is 14.8. The Labute approximate surface area is 123 Å². The van der Waals surface area contributed by atoms with E-state index >= 15 is 0 Å². The van der Waals surface area contributed by atoms with E-state index in [9.17, 15) is 9.59 Å². The molecular weight excluding hydrogens is 272 g/mol. The zero-order valence-corrected chi connectivity index (χ0v) is 12.3. The fourth-order valence-electron chi connectivity index (χ4n) is 2.21. The molecule has 1 aromatic carbocycles. The summed E-state index contributed by atoms with van der Waals surface area (Å²) in [6, 6.07) is 3.86. The Balaban J connectivity index is 2.11. The van der Waals surface area contributed by atoms with Crippen molar-refractivity contribution in [1.82, 2.24) is 5.32 Å². The molecule has 0 aliphatic carbocycles. The Morgan fingerprint density at radius 2 is 2.10 bits per heavy atom. The van der Waals surface area contributed by atoms with E-state index in [0.29, 0.717) is 12.1 Å². The minimum Gasteiger partial charge on any atom is -0.487 e. The van der Waals surface area contributed by atoms with Gasteiger partial charge in [0.25, 0.3) is 0 Å². The van der Waals surface area contributed by atoms with E-state index in [4.69, 9.17) is 9.84 Å². The topological polar surface area (TPSA) is 87.7 Å². The van der Waals surface area contributed by atoms with Crippen LogP contribution >= 0.6 is 0 Å². The number of ketones is 1. The molecule has 0 aromatic heterocycles. The van der Waals surface area contributed by atoms with E-state index in [0.717, 1.165) is 11.4 Å². The highest BCUT2D eigenvalue weighted by Crippen LogP contribution is 2.30. The second kappa shape index (κ2) is 6.13. The van der Waals surface area contributed by atoms with Gasteiger partial charge in [0.05, 0.1) is 18.3 Å². The minimum atomic E-state index is -0.982. The number of Topliss-reactive ketones (excluding diaryl/α,β-unsaturated/α-hetero) is 1. The molecule has 21 heavy (non-hydrogen) atoms. The molecule has 0 amide bonds. The van der Waals surface area contributed by atoms with Crippen LogP contribution in [0.3, 0.4) is 0 Å². The number of hydrogen-bond donors (Lipinski definition) is 3. The number of carbonyl (C=O) groups is 2. The number of aliphatic carboxylic acids is 1. The molecule has 114 valence electrons. The van der Waals surface area contributed by atoms with E-state index < -0.39 is 18.1 Å². The zero-order chi connectivity index (χ0) is 15.6. The monoisotopic (exact) mass is 292 g/mol. The van der Waals surface area contributed by atoms with Gasteiger partial charge in [-0.2, -0.15) is 0 Å². The number of benzene rings is 1. The quantitative estimate of drug-likeness (QED) is 0.713. The first-order valence-corrected chi connectivity index (χ1v) is 6.96. The first-order chi connectivity index (χ1) is 9.88. The van der Waals surface area contributed by atoms with Gasteiger partial charge in [0.1, 0.15) is 17.9 Å². The van der Waals surface area contributed by atoms with E-state index in [2.05, 4.69) is 10.6 Å². The van der Waals surface area contributed by atoms with Crippen molar-refractivity contribution in [1.29, 1.82) is 0 Å². The van der Waals surface area contributed by atoms with Crippen molar-refractivity contribution < 1.29 is 19.4 Å². The Kier molecular flexibility index (Phi) is 4.47. The molecular formula is C15H20N2O4. The predicted molar refractivity (Wildman–Crippen MR) is 79.0 cm³/mol. The van der Waals surface area contributed by atoms with Gasteiger partial charge in [0, 0.05) is 5.56 Å². The van der Waals surface area contributed by atoms with Crippen LogP contribution in [-0.2, 0) is 4.79 Å². The fourth-order valence-corrected chi connectivity index (χ4v) is 2.21. The van der Waals surface area contributed by atoms with Gasteiger partial charge in [-0.3, -0.25) is 14.9 Å². The second-order valence-corrected chi connectivity index (χ2v) is 5.33. The smallest absolute Gasteiger partial charge is 0.320 e. The van der Waals surface area contributed by atoms with Crippen LogP contribution < -0.4 is 15.4 Å². The molecule has 3 unspecified atom stereocenters. The Bertz CT molecular complexity index is 559. The summed E-state index contributed by atoms with van der Waals surface area (Å²) in [4.78, 5) is 23.1. The number of anilines is 1. The van der Waals surface area contributed by atoms with Crippen molar-refractivity contribution in [3.8, 4) is 5.75 Å². The summed E-state index contributed by atoms with van der Waals surface area (Å²) in [5.41, 5.74) is 1.31. The second-order valence-electron chi connectivity index (χ2n) is 5.33. The molecule has 3 N–H and O–H groups in total. The molecule has 0 bridgehead atoms. The third-order valence-corrected chi connectivity index (χ3v) is 3.44. The van der Waals surface area contributed by atoms with E-state index in [1.807, 2.05) is 6.92 Å². The van der Waals surface area contributed by atoms with Gasteiger partial charge in [-0.1, -0.05) is 0 Å². The van der Waals surface area contributed by atoms with Crippen molar-refractivity contribution in [2.45, 2.75) is 39.0 Å². The zero-order valence-electron chi connectivity index (χ0n) is 12.3. The van der Waals surface area contributed by atoms with Gasteiger partial charge < -0.3 is 15.2 Å². The summed E-state index contributed by atoms with van der Waals surface area (Å²) < 4.78 is 5.66. The maximum atomic E-state index is 12.3. The molecule has 3 atom stereocenters. The average molecular weight is 292 g/mol. The van der Waals surface area contributed by atoms with Gasteiger partial charge in [0.15, 0.2) is 5.78 Å². The van der Waals surface area contributed by atoms with Crippen LogP contribution in [0.25, 0.3) is 0 Å². The molecule has 0 saturated carbocycles. The van der Waals surface area contributed by atoms with Crippen LogP contribution in [-0.4, -0.2) is 41.6 Å². The van der Waals surface area contributed by atoms with Crippen molar-refractivity contribution >= 4 is 17.4 Å². The molecule has 0 spiro atoms. The van der Waals surface area contributed by atoms with Crippen molar-refractivity contribution in [3.63, 3.8) is 0 Å². The summed E-state index contributed by atoms with van der Waals surface area (Å²) in [5.74, 6) is -0.403. The van der Waals surface area contributed by atoms with E-state index in [1.54, 1.807) is 25.1 Å². The maximum absolute atomic E-state index is 12.3. The first-order valence-electron chi connectivity index (χ1n) is 6.96. The third-order valence-electron chi connectivity index (χ3n) is 3.44. The van der Waals surface area contributed by atoms with Gasteiger partial charge in [-0.05, 0) is 39.0 Å². The average Bonchev–Trinajstić information content (AvgIpc) is 2.45. The molecule has 6 nitrogen and oxygen atoms in total. The van der Waals surface area contributed by atoms with Crippen molar-refractivity contribution in [2.24, 2.45) is 0 Å². The number of carboxylic acids is 1. The standard InChI is InChI=1S/C15H20N2O4/c1-8-7-16-12-6-11(4-5-13(12)21-8)14(18)9(2)17-10(3)15(19)20/h4-6,8-10,16-17H,7H2,1-3H3,(H,19,20). The van der Waals surface area contributed by atoms with E-state index in [-0.39, 0.29) is 11.9 Å². The van der Waals surface area contributed by atoms with Crippen LogP contribution in [0, 0.1) is 0 Å². The van der Waals surface area contributed by atoms with Crippen LogP contribution in [0.1, 0.15) is 31.1 Å². The SMILES string of the molecule is CC1CNc2cc(C(=O)C(C)NC(C)C(=O)O)ccc2O1. The number of ether oxygens (including phenoxy) is 1. The Morgan fingerprint density at radius 3 is 2.76 bits per heavy atom. The summed E-state index contributed by atoms with van der Waals surface area (Å²) in [6.07, 6.45) is 0.0936. The lowest BCUT2D eigenvalue weighted by Gasteiger charge is -2.25. The normalized spacial score (nSPS) is 19.7. The van der Waals surface area contributed by atoms with Gasteiger partial charge >= 0.3 is 5.97 Å². The lowest BCUT2D eigenvalue weighted by molar-refractivity contribution is -0.139. The van der Waals surface area contributed by atoms with Gasteiger partial charge in [0.2, 0.25) is 0 Å². The number of nitrogens with one attached hydrogen (secondary N) is 2. The van der Waals surface area contributed by atoms with Crippen LogP contribution in [0.4, 0.5) is 5.69 Å². The lowest BCUT2D eigenvalue weighted by Crippen LogP contribution is -2.43. The minimum absolute atomic E-state index is 0.0936. The Morgan fingerprint density at radius 1 is 1.38 bits per heavy atom. The third kappa shape index (κ3) is 3.52. The highest BCUT2D eigenvalue weighted by atomic mass is 16.5. The van der Waals surface area contributed by atoms with Gasteiger partial charge in [-0.15, -0.1) is 0 Å². The summed E-state index contributed by atoms with van der Waals surface area (Å²) in [7, 11) is 0. The molecule has 0 saturated heterocycles. The van der Waals surface area contributed by atoms with Crippen LogP contribution in [0.2, 0.25) is 0 Å². The first kappa shape index (κ1) is 15.3. The largest absolute Gasteiger partial charge is 0.487 e. The highest BCUT2D eigenvalue weighted by Gasteiger charge is 2.22.